The van der Waals surface area contributed by atoms with Crippen molar-refractivity contribution in [3.05, 3.63) is 177 Å². The summed E-state index contributed by atoms with van der Waals surface area (Å²) in [5, 5.41) is 2.21. The normalized spacial score (nSPS) is 20.1. The van der Waals surface area contributed by atoms with Crippen LogP contribution in [-0.2, 0) is 8.57 Å². The molecule has 0 aromatic heterocycles. The summed E-state index contributed by atoms with van der Waals surface area (Å²) in [5.74, 6) is 0. The van der Waals surface area contributed by atoms with Gasteiger partial charge in [-0.3, -0.25) is 0 Å². The minimum absolute atomic E-state index is 0.214. The van der Waals surface area contributed by atoms with E-state index in [1.807, 2.05) is 59.8 Å². The zero-order chi connectivity index (χ0) is 77.8. The van der Waals surface area contributed by atoms with Gasteiger partial charge in [0.05, 0.1) is 0 Å². The van der Waals surface area contributed by atoms with E-state index in [1.54, 1.807) is 22.3 Å². The van der Waals surface area contributed by atoms with Crippen LogP contribution in [0.5, 0.6) is 0 Å². The SMILES string of the molecule is C[Si](C)(C)C(c1cc(C([Si](C)(C)C)([Si](C)(C)C)[Si](C)(C)C)cc(C([Si](C)(C)C)[Si](C)(C)C)[c]1[Ge]12[c]3ccccc3[CH](c3cccc[c]31)[Ge]1([c]3c(C([Si](C)(C)C)[Si](C)(C)C)cc(C([Si](C)(C)C)([Si](C)(C)C)[Si](C)(C)C)cc3C([Si](C)(C)C)[Si](C)(C)C)[c]3ccccc3[CH]2c2cccc[c]21)[Si](C)(C)C. The summed E-state index contributed by atoms with van der Waals surface area (Å²) in [6.07, 6.45) is 0. The molecule has 6 heterocycles. The molecule has 0 aliphatic carbocycles. The van der Waals surface area contributed by atoms with Gasteiger partial charge in [-0.15, -0.1) is 0 Å². The Balaban J connectivity index is 1.76. The summed E-state index contributed by atoms with van der Waals surface area (Å²) < 4.78 is 12.3. The van der Waals surface area contributed by atoms with E-state index >= 15 is 0 Å². The van der Waals surface area contributed by atoms with Crippen LogP contribution in [0.25, 0.3) is 0 Å². The predicted octanol–water partition coefficient (Wildman–Crippen LogP) is 23.4. The van der Waals surface area contributed by atoms with Crippen molar-refractivity contribution in [2.24, 2.45) is 0 Å². The molecule has 6 aromatic rings. The second-order valence-electron chi connectivity index (χ2n) is 48.6. The van der Waals surface area contributed by atoms with Gasteiger partial charge in [0, 0.05) is 0 Å². The summed E-state index contributed by atoms with van der Waals surface area (Å²) in [6.45, 7) is 120. The van der Waals surface area contributed by atoms with Crippen LogP contribution in [0.2, 0.25) is 275 Å². The van der Waals surface area contributed by atoms with Gasteiger partial charge in [-0.05, 0) is 0 Å². The molecule has 0 nitrogen and oxygen atoms in total. The second kappa shape index (κ2) is 26.5. The van der Waals surface area contributed by atoms with Gasteiger partial charge in [0.15, 0.2) is 0 Å². The van der Waals surface area contributed by atoms with Gasteiger partial charge in [0.2, 0.25) is 0 Å². The molecule has 0 saturated heterocycles. The zero-order valence-electron chi connectivity index (χ0n) is 74.0. The molecule has 4 bridgehead atoms. The fourth-order valence-electron chi connectivity index (χ4n) is 29.3. The average Bonchev–Trinajstić information content (AvgIpc) is 0.638. The number of hydrogen-bond acceptors (Lipinski definition) is 0. The van der Waals surface area contributed by atoms with Crippen LogP contribution in [0.4, 0.5) is 0 Å². The van der Waals surface area contributed by atoms with Crippen molar-refractivity contribution in [2.45, 2.75) is 314 Å². The molecule has 102 heavy (non-hydrogen) atoms. The molecule has 0 radical (unpaired) electrons. The number of benzene rings is 6. The van der Waals surface area contributed by atoms with Crippen LogP contribution in [-0.4, -0.2) is 140 Å². The first-order valence-electron chi connectivity index (χ1n) is 40.3. The van der Waals surface area contributed by atoms with Crippen molar-refractivity contribution in [3.8, 4) is 0 Å². The van der Waals surface area contributed by atoms with E-state index in [1.165, 1.54) is 0 Å². The average molecular weight is 1720 g/mol. The van der Waals surface area contributed by atoms with Gasteiger partial charge in [0.1, 0.15) is 0 Å². The Kier molecular flexibility index (Phi) is 22.2. The van der Waals surface area contributed by atoms with Crippen molar-refractivity contribution in [1.29, 1.82) is 0 Å². The molecule has 0 N–H and O–H groups in total. The third-order valence-electron chi connectivity index (χ3n) is 26.6. The van der Waals surface area contributed by atoms with Gasteiger partial charge < -0.3 is 0 Å². The maximum atomic E-state index is 3.21. The first-order valence-corrected chi connectivity index (χ1v) is 98.7. The predicted molar refractivity (Wildman–Crippen MR) is 513 cm³/mol. The Morgan fingerprint density at radius 1 is 0.225 bits per heavy atom. The van der Waals surface area contributed by atoms with Crippen LogP contribution in [0, 0.1) is 0 Å². The quantitative estimate of drug-likeness (QED) is 0.0594. The summed E-state index contributed by atoms with van der Waals surface area (Å²) in [4.78, 5) is 0. The zero-order valence-corrected chi connectivity index (χ0v) is 92.2. The first kappa shape index (κ1) is 85.4. The summed E-state index contributed by atoms with van der Waals surface area (Å²) in [5.41, 5.74) is 18.4. The van der Waals surface area contributed by atoms with Crippen molar-refractivity contribution >= 4 is 166 Å². The Bertz CT molecular complexity index is 3560. The molecular weight excluding hydrogens is 1570 g/mol. The summed E-state index contributed by atoms with van der Waals surface area (Å²) in [7, 11) is -28.6. The third kappa shape index (κ3) is 13.3. The van der Waals surface area contributed by atoms with Crippen LogP contribution in [0.3, 0.4) is 0 Å². The van der Waals surface area contributed by atoms with Crippen molar-refractivity contribution in [1.82, 2.24) is 0 Å². The van der Waals surface area contributed by atoms with Gasteiger partial charge in [-0.1, -0.05) is 0 Å². The molecule has 0 saturated carbocycles. The molecular formula is C86H152Ge2Si14. The minimum atomic E-state index is -4.47. The fraction of sp³-hybridized carbons (Fsp3) is 0.581. The maximum absolute atomic E-state index is 4.47. The molecule has 6 aliphatic rings. The Labute approximate surface area is 649 Å². The van der Waals surface area contributed by atoms with E-state index in [4.69, 9.17) is 0 Å². The summed E-state index contributed by atoms with van der Waals surface area (Å²) >= 11 is -8.95. The molecule has 0 amide bonds. The van der Waals surface area contributed by atoms with Gasteiger partial charge in [-0.25, -0.2) is 0 Å². The first-order chi connectivity index (χ1) is 45.6. The fourth-order valence-corrected chi connectivity index (χ4v) is 173. The number of hydrogen-bond donors (Lipinski definition) is 0. The molecule has 0 spiro atoms. The third-order valence-corrected chi connectivity index (χ3v) is 129. The molecule has 0 fully saturated rings. The van der Waals surface area contributed by atoms with E-state index in [0.717, 1.165) is 0 Å². The summed E-state index contributed by atoms with van der Waals surface area (Å²) in [6, 6.07) is 56.9. The van der Waals surface area contributed by atoms with E-state index in [-0.39, 0.29) is 18.1 Å². The number of rotatable bonds is 22. The second-order valence-corrected chi connectivity index (χ2v) is 144. The van der Waals surface area contributed by atoms with E-state index in [2.05, 4.69) is 396 Å². The monoisotopic (exact) mass is 1720 g/mol. The van der Waals surface area contributed by atoms with E-state index < -0.39 is 140 Å². The van der Waals surface area contributed by atoms with E-state index in [0.29, 0.717) is 20.7 Å². The van der Waals surface area contributed by atoms with Crippen LogP contribution in [0.1, 0.15) is 85.8 Å². The Morgan fingerprint density at radius 2 is 0.373 bits per heavy atom. The molecule has 12 rings (SSSR count). The van der Waals surface area contributed by atoms with Crippen LogP contribution >= 0.6 is 0 Å². The van der Waals surface area contributed by atoms with Crippen LogP contribution < -0.4 is 26.4 Å². The van der Waals surface area contributed by atoms with Crippen LogP contribution in [0.15, 0.2) is 121 Å². The van der Waals surface area contributed by atoms with Gasteiger partial charge in [0.25, 0.3) is 0 Å². The standard InChI is InChI=1S/C86H152Ge2Si14/c1-89(2,3)81(90(4,5)6)69-59-63(85(97(25,26)27,98(28,29)30)99(31,32)33)60-70(82(91(7,8)9)92(10,11)12)79(69)87-73-55-47-43-51-65(73)78(66-52-44-48-56-74(66)87)88(75-57-49-45-53-67(75)77(87)68-54-46-50-58-76(68)88)80-71(83(93(13,14)15)94(16,17)18)61-64(62-72(80)84(95(19,20)21)96(22,23)24)86(100(34,35)36,101(37,38)39)102(40,41)42/h43-62,77-78,81-84H,1-42H3. The molecule has 16 heteroatoms. The molecule has 6 aromatic carbocycles. The van der Waals surface area contributed by atoms with Crippen molar-refractivity contribution in [2.75, 3.05) is 0 Å². The Morgan fingerprint density at radius 3 is 0.510 bits per heavy atom. The topological polar surface area (TPSA) is 0 Å². The molecule has 0 atom stereocenters. The molecule has 0 unspecified atom stereocenters. The van der Waals surface area contributed by atoms with Gasteiger partial charge >= 0.3 is 657 Å². The molecule has 6 aliphatic heterocycles. The molecule has 560 valence electrons. The van der Waals surface area contributed by atoms with E-state index in [9.17, 15) is 0 Å². The van der Waals surface area contributed by atoms with Crippen molar-refractivity contribution < 1.29 is 0 Å². The Hall–Kier alpha value is -0.558. The van der Waals surface area contributed by atoms with Gasteiger partial charge in [-0.2, -0.15) is 0 Å². The van der Waals surface area contributed by atoms with Crippen molar-refractivity contribution in [3.63, 3.8) is 0 Å².